The molecule has 0 atom stereocenters. The highest BCUT2D eigenvalue weighted by Crippen LogP contribution is 1.95. The Balaban J connectivity index is 3.02. The third-order valence-corrected chi connectivity index (χ3v) is 1.13. The first kappa shape index (κ1) is 10.9. The third kappa shape index (κ3) is 9.88. The summed E-state index contributed by atoms with van der Waals surface area (Å²) in [5.41, 5.74) is 3.05. The van der Waals surface area contributed by atoms with E-state index in [4.69, 9.17) is 4.84 Å². The number of hydrogen-bond donors (Lipinski definition) is 2. The smallest absolute Gasteiger partial charge is 0.0653 e. The van der Waals surface area contributed by atoms with Gasteiger partial charge in [-0.25, -0.2) is 5.48 Å². The van der Waals surface area contributed by atoms with Crippen LogP contribution >= 0.6 is 0 Å². The van der Waals surface area contributed by atoms with Gasteiger partial charge in [-0.15, -0.1) is 0 Å². The molecule has 0 saturated carbocycles. The van der Waals surface area contributed by atoms with E-state index < -0.39 is 0 Å². The lowest BCUT2D eigenvalue weighted by molar-refractivity contribution is 0.0509. The summed E-state index contributed by atoms with van der Waals surface area (Å²) in [5.74, 6) is 0. The number of hydroxylamine groups is 1. The van der Waals surface area contributed by atoms with E-state index in [1.54, 1.807) is 0 Å². The van der Waals surface area contributed by atoms with Crippen LogP contribution in [0.5, 0.6) is 0 Å². The number of nitrogens with one attached hydrogen (secondary N) is 2. The van der Waals surface area contributed by atoms with Crippen LogP contribution in [0.2, 0.25) is 0 Å². The van der Waals surface area contributed by atoms with E-state index in [1.807, 2.05) is 6.92 Å². The molecular weight excluding hydrogens is 140 g/mol. The molecule has 0 aliphatic carbocycles. The van der Waals surface area contributed by atoms with Crippen LogP contribution < -0.4 is 10.8 Å². The van der Waals surface area contributed by atoms with E-state index >= 15 is 0 Å². The molecular formula is C8H20N2O. The molecule has 68 valence electrons. The Hall–Kier alpha value is -0.120. The quantitative estimate of drug-likeness (QED) is 0.463. The topological polar surface area (TPSA) is 33.3 Å². The second-order valence-corrected chi connectivity index (χ2v) is 3.50. The fourth-order valence-corrected chi connectivity index (χ4v) is 0.663. The molecule has 0 aromatic carbocycles. The van der Waals surface area contributed by atoms with Gasteiger partial charge in [-0.2, -0.15) is 0 Å². The predicted molar refractivity (Wildman–Crippen MR) is 47.4 cm³/mol. The van der Waals surface area contributed by atoms with Crippen molar-refractivity contribution in [3.05, 3.63) is 0 Å². The zero-order valence-corrected chi connectivity index (χ0v) is 8.03. The first-order chi connectivity index (χ1) is 5.06. The average Bonchev–Trinajstić information content (AvgIpc) is 1.85. The molecule has 11 heavy (non-hydrogen) atoms. The van der Waals surface area contributed by atoms with Crippen LogP contribution in [0.4, 0.5) is 0 Å². The van der Waals surface area contributed by atoms with Crippen LogP contribution in [-0.2, 0) is 4.84 Å². The highest BCUT2D eigenvalue weighted by atomic mass is 16.6. The first-order valence-corrected chi connectivity index (χ1v) is 4.16. The van der Waals surface area contributed by atoms with Crippen molar-refractivity contribution in [3.63, 3.8) is 0 Å². The molecule has 0 unspecified atom stereocenters. The van der Waals surface area contributed by atoms with Gasteiger partial charge in [0.2, 0.25) is 0 Å². The van der Waals surface area contributed by atoms with Gasteiger partial charge in [0.25, 0.3) is 0 Å². The minimum atomic E-state index is 0.202. The summed E-state index contributed by atoms with van der Waals surface area (Å²) in [6.45, 7) is 10.9. The van der Waals surface area contributed by atoms with Gasteiger partial charge in [0.15, 0.2) is 0 Å². The van der Waals surface area contributed by atoms with Gasteiger partial charge in [-0.05, 0) is 27.7 Å². The van der Waals surface area contributed by atoms with Gasteiger partial charge in [0.1, 0.15) is 0 Å². The molecule has 2 N–H and O–H groups in total. The predicted octanol–water partition coefficient (Wildman–Crippen LogP) is 0.916. The summed E-state index contributed by atoms with van der Waals surface area (Å²) in [7, 11) is 0. The zero-order chi connectivity index (χ0) is 8.74. The number of rotatable bonds is 5. The van der Waals surface area contributed by atoms with Crippen LogP contribution in [0.15, 0.2) is 0 Å². The van der Waals surface area contributed by atoms with Crippen molar-refractivity contribution >= 4 is 0 Å². The summed E-state index contributed by atoms with van der Waals surface area (Å²) in [6, 6.07) is 0. The Bertz CT molecular complexity index is 88.6. The highest BCUT2D eigenvalue weighted by molar-refractivity contribution is 4.69. The summed E-state index contributed by atoms with van der Waals surface area (Å²) in [6.07, 6.45) is 0. The summed E-state index contributed by atoms with van der Waals surface area (Å²) in [5, 5.41) is 3.34. The maximum Gasteiger partial charge on any atom is 0.0653 e. The van der Waals surface area contributed by atoms with E-state index in [2.05, 4.69) is 31.6 Å². The molecule has 0 aliphatic heterocycles. The van der Waals surface area contributed by atoms with Crippen molar-refractivity contribution in [2.24, 2.45) is 0 Å². The minimum absolute atomic E-state index is 0.202. The average molecular weight is 160 g/mol. The fraction of sp³-hybridized carbons (Fsp3) is 1.00. The number of hydrogen-bond acceptors (Lipinski definition) is 3. The lowest BCUT2D eigenvalue weighted by Crippen LogP contribution is -2.40. The van der Waals surface area contributed by atoms with E-state index in [0.29, 0.717) is 0 Å². The van der Waals surface area contributed by atoms with Crippen molar-refractivity contribution in [1.82, 2.24) is 10.8 Å². The van der Waals surface area contributed by atoms with Crippen LogP contribution in [0.1, 0.15) is 27.7 Å². The molecule has 0 heterocycles. The molecule has 0 bridgehead atoms. The molecule has 0 aliphatic rings. The molecule has 0 fully saturated rings. The highest BCUT2D eigenvalue weighted by Gasteiger charge is 2.06. The fourth-order valence-electron chi connectivity index (χ4n) is 0.663. The van der Waals surface area contributed by atoms with Gasteiger partial charge in [-0.1, -0.05) is 0 Å². The second-order valence-electron chi connectivity index (χ2n) is 3.50. The van der Waals surface area contributed by atoms with Crippen molar-refractivity contribution < 1.29 is 4.84 Å². The van der Waals surface area contributed by atoms with Gasteiger partial charge >= 0.3 is 0 Å². The van der Waals surface area contributed by atoms with Crippen LogP contribution in [-0.4, -0.2) is 25.2 Å². The minimum Gasteiger partial charge on any atom is -0.311 e. The van der Waals surface area contributed by atoms with E-state index in [9.17, 15) is 0 Å². The van der Waals surface area contributed by atoms with Gasteiger partial charge in [-0.3, -0.25) is 0 Å². The zero-order valence-electron chi connectivity index (χ0n) is 8.03. The Morgan fingerprint density at radius 3 is 2.27 bits per heavy atom. The monoisotopic (exact) mass is 160 g/mol. The molecule has 3 heteroatoms. The molecule has 0 saturated heterocycles. The first-order valence-electron chi connectivity index (χ1n) is 4.16. The molecule has 0 radical (unpaired) electrons. The molecule has 0 spiro atoms. The van der Waals surface area contributed by atoms with E-state index in [1.165, 1.54) is 0 Å². The van der Waals surface area contributed by atoms with Crippen molar-refractivity contribution in [1.29, 1.82) is 0 Å². The molecule has 0 aromatic heterocycles. The van der Waals surface area contributed by atoms with Crippen LogP contribution in [0.3, 0.4) is 0 Å². The Kier molecular flexibility index (Phi) is 5.46. The Morgan fingerprint density at radius 1 is 1.18 bits per heavy atom. The van der Waals surface area contributed by atoms with Crippen LogP contribution in [0, 0.1) is 0 Å². The van der Waals surface area contributed by atoms with E-state index in [-0.39, 0.29) is 5.54 Å². The maximum atomic E-state index is 4.96. The summed E-state index contributed by atoms with van der Waals surface area (Å²) >= 11 is 0. The lowest BCUT2D eigenvalue weighted by Gasteiger charge is -2.20. The summed E-state index contributed by atoms with van der Waals surface area (Å²) in [4.78, 5) is 4.96. The standard InChI is InChI=1S/C8H20N2O/c1-5-11-10-7-6-9-8(2,3)4/h9-10H,5-7H2,1-4H3. The lowest BCUT2D eigenvalue weighted by atomic mass is 10.1. The SMILES string of the molecule is CCONCCNC(C)(C)C. The molecule has 3 nitrogen and oxygen atoms in total. The Labute approximate surface area is 69.5 Å². The van der Waals surface area contributed by atoms with Gasteiger partial charge in [0, 0.05) is 18.6 Å². The molecule has 0 rings (SSSR count). The normalized spacial score (nSPS) is 12.0. The molecule has 0 aromatic rings. The second kappa shape index (κ2) is 5.52. The van der Waals surface area contributed by atoms with Gasteiger partial charge < -0.3 is 10.2 Å². The van der Waals surface area contributed by atoms with Crippen molar-refractivity contribution in [2.75, 3.05) is 19.7 Å². The Morgan fingerprint density at radius 2 is 1.82 bits per heavy atom. The van der Waals surface area contributed by atoms with Crippen molar-refractivity contribution in [2.45, 2.75) is 33.2 Å². The van der Waals surface area contributed by atoms with Crippen molar-refractivity contribution in [3.8, 4) is 0 Å². The third-order valence-electron chi connectivity index (χ3n) is 1.13. The molecule has 0 amide bonds. The van der Waals surface area contributed by atoms with Crippen LogP contribution in [0.25, 0.3) is 0 Å². The van der Waals surface area contributed by atoms with E-state index in [0.717, 1.165) is 19.7 Å². The largest absolute Gasteiger partial charge is 0.311 e. The van der Waals surface area contributed by atoms with Gasteiger partial charge in [0.05, 0.1) is 6.61 Å². The maximum absolute atomic E-state index is 4.96. The summed E-state index contributed by atoms with van der Waals surface area (Å²) < 4.78 is 0.